The number of carbonyl (C=O) groups is 1. The maximum Gasteiger partial charge on any atom is 0.471 e. The van der Waals surface area contributed by atoms with Gasteiger partial charge in [0.25, 0.3) is 0 Å². The Hall–Kier alpha value is -1.30. The van der Waals surface area contributed by atoms with Crippen LogP contribution in [0, 0.1) is 5.92 Å². The SMILES string of the molecule is C=C(/C=C(\C)C1CCNCC1)CNC(=O)C(F)(F)F. The lowest BCUT2D eigenvalue weighted by molar-refractivity contribution is -0.173. The number of halogens is 3. The molecule has 0 saturated carbocycles. The van der Waals surface area contributed by atoms with E-state index in [9.17, 15) is 18.0 Å². The van der Waals surface area contributed by atoms with E-state index in [-0.39, 0.29) is 6.54 Å². The summed E-state index contributed by atoms with van der Waals surface area (Å²) in [6.45, 7) is 7.34. The summed E-state index contributed by atoms with van der Waals surface area (Å²) in [4.78, 5) is 10.7. The molecule has 0 atom stereocenters. The highest BCUT2D eigenvalue weighted by molar-refractivity contribution is 5.81. The zero-order valence-corrected chi connectivity index (χ0v) is 10.9. The van der Waals surface area contributed by atoms with E-state index in [1.54, 1.807) is 6.08 Å². The molecule has 3 nitrogen and oxygen atoms in total. The molecule has 0 unspecified atom stereocenters. The van der Waals surface area contributed by atoms with Gasteiger partial charge in [-0.25, -0.2) is 0 Å². The van der Waals surface area contributed by atoms with E-state index in [0.29, 0.717) is 11.5 Å². The maximum atomic E-state index is 12.0. The maximum absolute atomic E-state index is 12.0. The minimum atomic E-state index is -4.84. The van der Waals surface area contributed by atoms with Crippen LogP contribution in [0.1, 0.15) is 19.8 Å². The third kappa shape index (κ3) is 5.46. The smallest absolute Gasteiger partial charge is 0.344 e. The highest BCUT2D eigenvalue weighted by Gasteiger charge is 2.38. The molecule has 0 aromatic rings. The third-order valence-corrected chi connectivity index (χ3v) is 3.15. The molecule has 108 valence electrons. The fraction of sp³-hybridized carbons (Fsp3) is 0.615. The average Bonchev–Trinajstić information content (AvgIpc) is 2.35. The van der Waals surface area contributed by atoms with Crippen LogP contribution in [0.4, 0.5) is 13.2 Å². The summed E-state index contributed by atoms with van der Waals surface area (Å²) in [5.41, 5.74) is 1.58. The highest BCUT2D eigenvalue weighted by Crippen LogP contribution is 2.21. The van der Waals surface area contributed by atoms with Crippen molar-refractivity contribution in [3.63, 3.8) is 0 Å². The number of hydrogen-bond acceptors (Lipinski definition) is 2. The summed E-state index contributed by atoms with van der Waals surface area (Å²) in [5.74, 6) is -1.49. The number of alkyl halides is 3. The molecule has 0 aliphatic carbocycles. The molecule has 1 heterocycles. The molecule has 1 aliphatic heterocycles. The van der Waals surface area contributed by atoms with Gasteiger partial charge < -0.3 is 10.6 Å². The molecule has 0 bridgehead atoms. The minimum absolute atomic E-state index is 0.180. The zero-order chi connectivity index (χ0) is 14.5. The van der Waals surface area contributed by atoms with Crippen molar-refractivity contribution in [2.24, 2.45) is 5.92 Å². The summed E-state index contributed by atoms with van der Waals surface area (Å²) in [5, 5.41) is 5.06. The average molecular weight is 276 g/mol. The van der Waals surface area contributed by atoms with Crippen LogP contribution in [0.5, 0.6) is 0 Å². The normalized spacial score (nSPS) is 18.2. The standard InChI is InChI=1S/C13H19F3N2O/c1-9(8-18-12(19)13(14,15)16)7-10(2)11-3-5-17-6-4-11/h7,11,17H,1,3-6,8H2,2H3,(H,18,19)/b10-7+. The van der Waals surface area contributed by atoms with Gasteiger partial charge >= 0.3 is 12.1 Å². The van der Waals surface area contributed by atoms with Gasteiger partial charge in [-0.1, -0.05) is 18.2 Å². The Bertz CT molecular complexity index is 369. The summed E-state index contributed by atoms with van der Waals surface area (Å²) in [6, 6.07) is 0. The van der Waals surface area contributed by atoms with E-state index in [2.05, 4.69) is 11.9 Å². The third-order valence-electron chi connectivity index (χ3n) is 3.15. The molecule has 0 radical (unpaired) electrons. The van der Waals surface area contributed by atoms with Crippen molar-refractivity contribution < 1.29 is 18.0 Å². The van der Waals surface area contributed by atoms with Gasteiger partial charge in [0.15, 0.2) is 0 Å². The Labute approximate surface area is 110 Å². The fourth-order valence-electron chi connectivity index (χ4n) is 2.06. The molecule has 0 aromatic carbocycles. The Morgan fingerprint density at radius 3 is 2.53 bits per heavy atom. The van der Waals surface area contributed by atoms with Crippen LogP contribution < -0.4 is 10.6 Å². The van der Waals surface area contributed by atoms with E-state index in [1.165, 1.54) is 0 Å². The van der Waals surface area contributed by atoms with Gasteiger partial charge in [-0.3, -0.25) is 4.79 Å². The summed E-state index contributed by atoms with van der Waals surface area (Å²) >= 11 is 0. The van der Waals surface area contributed by atoms with Crippen molar-refractivity contribution in [3.05, 3.63) is 23.8 Å². The molecule has 1 saturated heterocycles. The van der Waals surface area contributed by atoms with Gasteiger partial charge in [-0.05, 0) is 44.3 Å². The van der Waals surface area contributed by atoms with Gasteiger partial charge in [0.05, 0.1) is 0 Å². The van der Waals surface area contributed by atoms with Gasteiger partial charge in [0.2, 0.25) is 0 Å². The van der Waals surface area contributed by atoms with Crippen LogP contribution in [-0.2, 0) is 4.79 Å². The van der Waals surface area contributed by atoms with E-state index in [1.807, 2.05) is 12.2 Å². The summed E-state index contributed by atoms with van der Waals surface area (Å²) < 4.78 is 36.0. The van der Waals surface area contributed by atoms with Crippen LogP contribution in [0.15, 0.2) is 23.8 Å². The highest BCUT2D eigenvalue weighted by atomic mass is 19.4. The molecule has 0 aromatic heterocycles. The fourth-order valence-corrected chi connectivity index (χ4v) is 2.06. The number of carbonyl (C=O) groups excluding carboxylic acids is 1. The lowest BCUT2D eigenvalue weighted by Crippen LogP contribution is -2.37. The Morgan fingerprint density at radius 2 is 2.00 bits per heavy atom. The van der Waals surface area contributed by atoms with Crippen molar-refractivity contribution in [1.82, 2.24) is 10.6 Å². The van der Waals surface area contributed by atoms with Crippen LogP contribution in [0.3, 0.4) is 0 Å². The topological polar surface area (TPSA) is 41.1 Å². The lowest BCUT2D eigenvalue weighted by Gasteiger charge is -2.23. The summed E-state index contributed by atoms with van der Waals surface area (Å²) in [6.07, 6.45) is -1.03. The van der Waals surface area contributed by atoms with Crippen molar-refractivity contribution in [3.8, 4) is 0 Å². The van der Waals surface area contributed by atoms with Crippen molar-refractivity contribution in [2.75, 3.05) is 19.6 Å². The van der Waals surface area contributed by atoms with E-state index < -0.39 is 12.1 Å². The molecular weight excluding hydrogens is 257 g/mol. The van der Waals surface area contributed by atoms with Crippen LogP contribution in [0.25, 0.3) is 0 Å². The molecule has 19 heavy (non-hydrogen) atoms. The summed E-state index contributed by atoms with van der Waals surface area (Å²) in [7, 11) is 0. The molecule has 1 fully saturated rings. The number of amides is 1. The first kappa shape index (κ1) is 15.8. The number of rotatable bonds is 4. The monoisotopic (exact) mass is 276 g/mol. The van der Waals surface area contributed by atoms with Crippen LogP contribution in [-0.4, -0.2) is 31.7 Å². The predicted molar refractivity (Wildman–Crippen MR) is 67.6 cm³/mol. The Morgan fingerprint density at radius 1 is 1.42 bits per heavy atom. The molecular formula is C13H19F3N2O. The first-order chi connectivity index (χ1) is 8.80. The molecule has 6 heteroatoms. The minimum Gasteiger partial charge on any atom is -0.344 e. The van der Waals surface area contributed by atoms with Gasteiger partial charge in [0.1, 0.15) is 0 Å². The van der Waals surface area contributed by atoms with E-state index in [4.69, 9.17) is 0 Å². The lowest BCUT2D eigenvalue weighted by atomic mass is 9.90. The van der Waals surface area contributed by atoms with Crippen LogP contribution >= 0.6 is 0 Å². The van der Waals surface area contributed by atoms with Gasteiger partial charge in [-0.2, -0.15) is 13.2 Å². The largest absolute Gasteiger partial charge is 0.471 e. The Balaban J connectivity index is 2.43. The van der Waals surface area contributed by atoms with E-state index in [0.717, 1.165) is 31.5 Å². The predicted octanol–water partition coefficient (Wildman–Crippen LogP) is 2.17. The second-order valence-electron chi connectivity index (χ2n) is 4.75. The second kappa shape index (κ2) is 6.75. The van der Waals surface area contributed by atoms with E-state index >= 15 is 0 Å². The molecule has 1 rings (SSSR count). The first-order valence-electron chi connectivity index (χ1n) is 6.22. The number of piperidine rings is 1. The van der Waals surface area contributed by atoms with Crippen molar-refractivity contribution >= 4 is 5.91 Å². The molecule has 1 aliphatic rings. The van der Waals surface area contributed by atoms with Crippen molar-refractivity contribution in [2.45, 2.75) is 25.9 Å². The second-order valence-corrected chi connectivity index (χ2v) is 4.75. The first-order valence-corrected chi connectivity index (χ1v) is 6.22. The number of allylic oxidation sites excluding steroid dienone is 1. The molecule has 2 N–H and O–H groups in total. The van der Waals surface area contributed by atoms with Gasteiger partial charge in [-0.15, -0.1) is 0 Å². The van der Waals surface area contributed by atoms with Crippen molar-refractivity contribution in [1.29, 1.82) is 0 Å². The molecule has 1 amide bonds. The van der Waals surface area contributed by atoms with Gasteiger partial charge in [0, 0.05) is 6.54 Å². The van der Waals surface area contributed by atoms with Crippen LogP contribution in [0.2, 0.25) is 0 Å². The quantitative estimate of drug-likeness (QED) is 0.773. The number of nitrogens with one attached hydrogen (secondary N) is 2. The molecule has 0 spiro atoms. The zero-order valence-electron chi connectivity index (χ0n) is 10.9. The number of hydrogen-bond donors (Lipinski definition) is 2. The Kier molecular flexibility index (Phi) is 5.60.